The van der Waals surface area contributed by atoms with Crippen molar-refractivity contribution in [1.82, 2.24) is 4.90 Å². The Bertz CT molecular complexity index is 439. The minimum Gasteiger partial charge on any atom is -0.393 e. The standard InChI is InChI=1S/C15H22N2O2/c1-15(16,12-6-4-3-5-7-12)14(19)17(2)10-11-8-13(18)9-11/h3-7,11,13,18H,8-10,16H2,1-2H3. The van der Waals surface area contributed by atoms with Crippen molar-refractivity contribution < 1.29 is 9.90 Å². The summed E-state index contributed by atoms with van der Waals surface area (Å²) in [5, 5.41) is 9.28. The van der Waals surface area contributed by atoms with Crippen molar-refractivity contribution >= 4 is 5.91 Å². The van der Waals surface area contributed by atoms with Gasteiger partial charge in [0, 0.05) is 13.6 Å². The molecule has 1 aromatic carbocycles. The molecular weight excluding hydrogens is 240 g/mol. The molecule has 1 atom stereocenters. The number of likely N-dealkylation sites (N-methyl/N-ethyl adjacent to an activating group) is 1. The number of hydrogen-bond donors (Lipinski definition) is 2. The molecule has 104 valence electrons. The first-order valence-corrected chi connectivity index (χ1v) is 6.69. The Labute approximate surface area is 114 Å². The molecule has 1 fully saturated rings. The van der Waals surface area contributed by atoms with Gasteiger partial charge in [-0.15, -0.1) is 0 Å². The van der Waals surface area contributed by atoms with Gasteiger partial charge in [-0.2, -0.15) is 0 Å². The third kappa shape index (κ3) is 2.96. The maximum absolute atomic E-state index is 12.5. The van der Waals surface area contributed by atoms with Crippen LogP contribution in [0.4, 0.5) is 0 Å². The van der Waals surface area contributed by atoms with E-state index < -0.39 is 5.54 Å². The van der Waals surface area contributed by atoms with E-state index >= 15 is 0 Å². The van der Waals surface area contributed by atoms with Crippen LogP contribution in [0.5, 0.6) is 0 Å². The van der Waals surface area contributed by atoms with Crippen LogP contribution in [0.3, 0.4) is 0 Å². The lowest BCUT2D eigenvalue weighted by Gasteiger charge is -2.37. The lowest BCUT2D eigenvalue weighted by atomic mass is 9.81. The Morgan fingerprint density at radius 2 is 2.00 bits per heavy atom. The molecule has 1 aromatic rings. The number of benzene rings is 1. The third-order valence-corrected chi connectivity index (χ3v) is 3.91. The van der Waals surface area contributed by atoms with E-state index in [4.69, 9.17) is 5.73 Å². The Hall–Kier alpha value is -1.39. The van der Waals surface area contributed by atoms with Crippen LogP contribution in [0, 0.1) is 5.92 Å². The van der Waals surface area contributed by atoms with Crippen molar-refractivity contribution in [3.8, 4) is 0 Å². The smallest absolute Gasteiger partial charge is 0.246 e. The van der Waals surface area contributed by atoms with Gasteiger partial charge >= 0.3 is 0 Å². The predicted octanol–water partition coefficient (Wildman–Crippen LogP) is 1.09. The summed E-state index contributed by atoms with van der Waals surface area (Å²) in [6.07, 6.45) is 1.38. The topological polar surface area (TPSA) is 66.6 Å². The molecule has 0 spiro atoms. The molecular formula is C15H22N2O2. The summed E-state index contributed by atoms with van der Waals surface area (Å²) in [5.74, 6) is 0.315. The highest BCUT2D eigenvalue weighted by Crippen LogP contribution is 2.29. The molecule has 0 bridgehead atoms. The quantitative estimate of drug-likeness (QED) is 0.853. The van der Waals surface area contributed by atoms with Gasteiger partial charge in [0.15, 0.2) is 0 Å². The molecule has 1 amide bonds. The molecule has 4 nitrogen and oxygen atoms in total. The molecule has 1 aliphatic rings. The number of carbonyl (C=O) groups is 1. The molecule has 1 aliphatic carbocycles. The van der Waals surface area contributed by atoms with E-state index in [0.717, 1.165) is 18.4 Å². The maximum atomic E-state index is 12.5. The highest BCUT2D eigenvalue weighted by molar-refractivity contribution is 5.86. The van der Waals surface area contributed by atoms with E-state index in [-0.39, 0.29) is 12.0 Å². The van der Waals surface area contributed by atoms with Crippen LogP contribution < -0.4 is 5.73 Å². The van der Waals surface area contributed by atoms with E-state index in [1.807, 2.05) is 30.3 Å². The summed E-state index contributed by atoms with van der Waals surface area (Å²) < 4.78 is 0. The largest absolute Gasteiger partial charge is 0.393 e. The van der Waals surface area contributed by atoms with E-state index in [0.29, 0.717) is 12.5 Å². The maximum Gasteiger partial charge on any atom is 0.246 e. The molecule has 0 aromatic heterocycles. The molecule has 0 aliphatic heterocycles. The molecule has 1 saturated carbocycles. The molecule has 0 radical (unpaired) electrons. The van der Waals surface area contributed by atoms with Crippen molar-refractivity contribution in [2.45, 2.75) is 31.4 Å². The predicted molar refractivity (Wildman–Crippen MR) is 74.3 cm³/mol. The summed E-state index contributed by atoms with van der Waals surface area (Å²) in [5.41, 5.74) is 6.02. The van der Waals surface area contributed by atoms with E-state index in [9.17, 15) is 9.90 Å². The summed E-state index contributed by atoms with van der Waals surface area (Å²) >= 11 is 0. The molecule has 3 N–H and O–H groups in total. The second-order valence-corrected chi connectivity index (χ2v) is 5.75. The molecule has 1 unspecified atom stereocenters. The Kier molecular flexibility index (Phi) is 3.92. The first-order valence-electron chi connectivity index (χ1n) is 6.69. The Balaban J connectivity index is 2.01. The molecule has 4 heteroatoms. The molecule has 2 rings (SSSR count). The monoisotopic (exact) mass is 262 g/mol. The lowest BCUT2D eigenvalue weighted by Crippen LogP contribution is -2.51. The van der Waals surface area contributed by atoms with Crippen molar-refractivity contribution in [2.75, 3.05) is 13.6 Å². The van der Waals surface area contributed by atoms with Gasteiger partial charge in [0.1, 0.15) is 5.54 Å². The highest BCUT2D eigenvalue weighted by atomic mass is 16.3. The lowest BCUT2D eigenvalue weighted by molar-refractivity contribution is -0.137. The van der Waals surface area contributed by atoms with Crippen LogP contribution in [0.1, 0.15) is 25.3 Å². The number of amides is 1. The summed E-state index contributed by atoms with van der Waals surface area (Å²) in [6, 6.07) is 9.42. The van der Waals surface area contributed by atoms with Gasteiger partial charge in [-0.1, -0.05) is 30.3 Å². The third-order valence-electron chi connectivity index (χ3n) is 3.91. The van der Waals surface area contributed by atoms with Crippen LogP contribution in [0.2, 0.25) is 0 Å². The number of rotatable bonds is 4. The molecule has 0 heterocycles. The number of aliphatic hydroxyl groups excluding tert-OH is 1. The first kappa shape index (κ1) is 14.0. The number of hydrogen-bond acceptors (Lipinski definition) is 3. The fourth-order valence-electron chi connectivity index (χ4n) is 2.62. The van der Waals surface area contributed by atoms with Crippen LogP contribution in [0.25, 0.3) is 0 Å². The number of nitrogens with zero attached hydrogens (tertiary/aromatic N) is 1. The molecule has 19 heavy (non-hydrogen) atoms. The average molecular weight is 262 g/mol. The molecule has 0 saturated heterocycles. The number of aliphatic hydroxyl groups is 1. The zero-order valence-electron chi connectivity index (χ0n) is 11.5. The van der Waals surface area contributed by atoms with Crippen LogP contribution in [0.15, 0.2) is 30.3 Å². The second-order valence-electron chi connectivity index (χ2n) is 5.75. The first-order chi connectivity index (χ1) is 8.91. The second kappa shape index (κ2) is 5.31. The normalized spacial score (nSPS) is 25.3. The minimum atomic E-state index is -1.00. The van der Waals surface area contributed by atoms with Crippen LogP contribution in [-0.4, -0.2) is 35.6 Å². The Morgan fingerprint density at radius 1 is 1.42 bits per heavy atom. The van der Waals surface area contributed by atoms with E-state index in [1.54, 1.807) is 18.9 Å². The van der Waals surface area contributed by atoms with Gasteiger partial charge in [-0.05, 0) is 31.2 Å². The van der Waals surface area contributed by atoms with E-state index in [2.05, 4.69) is 0 Å². The van der Waals surface area contributed by atoms with Crippen molar-refractivity contribution in [1.29, 1.82) is 0 Å². The van der Waals surface area contributed by atoms with E-state index in [1.165, 1.54) is 0 Å². The van der Waals surface area contributed by atoms with Crippen molar-refractivity contribution in [3.63, 3.8) is 0 Å². The van der Waals surface area contributed by atoms with Crippen molar-refractivity contribution in [3.05, 3.63) is 35.9 Å². The number of carbonyl (C=O) groups excluding carboxylic acids is 1. The Morgan fingerprint density at radius 3 is 2.53 bits per heavy atom. The average Bonchev–Trinajstić information content (AvgIpc) is 2.37. The van der Waals surface area contributed by atoms with Gasteiger partial charge in [0.05, 0.1) is 6.10 Å². The summed E-state index contributed by atoms with van der Waals surface area (Å²) in [4.78, 5) is 14.1. The van der Waals surface area contributed by atoms with Gasteiger partial charge < -0.3 is 15.7 Å². The fourth-order valence-corrected chi connectivity index (χ4v) is 2.62. The fraction of sp³-hybridized carbons (Fsp3) is 0.533. The SMILES string of the molecule is CN(CC1CC(O)C1)C(=O)C(C)(N)c1ccccc1. The summed E-state index contributed by atoms with van der Waals surface area (Å²) in [7, 11) is 1.78. The van der Waals surface area contributed by atoms with Gasteiger partial charge in [0.2, 0.25) is 5.91 Å². The van der Waals surface area contributed by atoms with Crippen molar-refractivity contribution in [2.24, 2.45) is 11.7 Å². The van der Waals surface area contributed by atoms with Crippen LogP contribution in [-0.2, 0) is 10.3 Å². The van der Waals surface area contributed by atoms with Gasteiger partial charge in [-0.25, -0.2) is 0 Å². The minimum absolute atomic E-state index is 0.0833. The highest BCUT2D eigenvalue weighted by Gasteiger charge is 2.35. The van der Waals surface area contributed by atoms with Gasteiger partial charge in [-0.3, -0.25) is 4.79 Å². The van der Waals surface area contributed by atoms with Gasteiger partial charge in [0.25, 0.3) is 0 Å². The zero-order valence-corrected chi connectivity index (χ0v) is 11.5. The van der Waals surface area contributed by atoms with Crippen LogP contribution >= 0.6 is 0 Å². The zero-order chi connectivity index (χ0) is 14.0. The summed E-state index contributed by atoms with van der Waals surface area (Å²) in [6.45, 7) is 2.41. The number of nitrogens with two attached hydrogens (primary N) is 1.